The molecule has 1 aliphatic heterocycles. The van der Waals surface area contributed by atoms with Gasteiger partial charge in [-0.1, -0.05) is 0 Å². The Balaban J connectivity index is 2.07. The fraction of sp³-hybridized carbons (Fsp3) is 0.400. The van der Waals surface area contributed by atoms with E-state index in [1.165, 1.54) is 6.20 Å². The first-order valence-corrected chi connectivity index (χ1v) is 6.14. The van der Waals surface area contributed by atoms with E-state index < -0.39 is 24.2 Å². The first-order chi connectivity index (χ1) is 8.97. The van der Waals surface area contributed by atoms with Crippen LogP contribution in [-0.2, 0) is 4.79 Å². The van der Waals surface area contributed by atoms with Crippen molar-refractivity contribution in [1.29, 1.82) is 0 Å². The highest BCUT2D eigenvalue weighted by molar-refractivity contribution is 9.10. The molecule has 0 aromatic carbocycles. The molecule has 1 amide bonds. The van der Waals surface area contributed by atoms with Crippen molar-refractivity contribution in [3.05, 3.63) is 16.9 Å². The molecule has 0 radical (unpaired) electrons. The molecule has 1 fully saturated rings. The molecule has 8 nitrogen and oxygen atoms in total. The van der Waals surface area contributed by atoms with Gasteiger partial charge in [0.1, 0.15) is 16.7 Å². The van der Waals surface area contributed by atoms with Crippen molar-refractivity contribution in [1.82, 2.24) is 14.9 Å². The lowest BCUT2D eigenvalue weighted by Crippen LogP contribution is -2.39. The third kappa shape index (κ3) is 3.11. The van der Waals surface area contributed by atoms with Gasteiger partial charge in [-0.25, -0.2) is 14.6 Å². The summed E-state index contributed by atoms with van der Waals surface area (Å²) in [5.41, 5.74) is 0. The van der Waals surface area contributed by atoms with Crippen molar-refractivity contribution < 1.29 is 24.5 Å². The van der Waals surface area contributed by atoms with Gasteiger partial charge >= 0.3 is 18.1 Å². The van der Waals surface area contributed by atoms with Crippen LogP contribution in [0.1, 0.15) is 6.42 Å². The van der Waals surface area contributed by atoms with Crippen molar-refractivity contribution in [2.45, 2.75) is 18.6 Å². The fourth-order valence-corrected chi connectivity index (χ4v) is 2.12. The van der Waals surface area contributed by atoms with Gasteiger partial charge in [0.2, 0.25) is 0 Å². The molecule has 19 heavy (non-hydrogen) atoms. The number of hydrogen-bond acceptors (Lipinski definition) is 5. The second-order valence-corrected chi connectivity index (χ2v) is 4.74. The summed E-state index contributed by atoms with van der Waals surface area (Å²) >= 11 is 3.15. The molecule has 9 heteroatoms. The summed E-state index contributed by atoms with van der Waals surface area (Å²) in [6.07, 6.45) is -0.317. The Labute approximate surface area is 116 Å². The summed E-state index contributed by atoms with van der Waals surface area (Å²) in [6.45, 7) is -0.0256. The van der Waals surface area contributed by atoms with Crippen LogP contribution in [-0.4, -0.2) is 55.8 Å². The summed E-state index contributed by atoms with van der Waals surface area (Å²) in [4.78, 5) is 30.6. The van der Waals surface area contributed by atoms with E-state index in [1.54, 1.807) is 6.07 Å². The monoisotopic (exact) mass is 331 g/mol. The Morgan fingerprint density at radius 3 is 2.74 bits per heavy atom. The van der Waals surface area contributed by atoms with E-state index in [1.807, 2.05) is 0 Å². The molecule has 102 valence electrons. The number of carbonyl (C=O) groups is 2. The van der Waals surface area contributed by atoms with E-state index in [0.717, 1.165) is 4.90 Å². The van der Waals surface area contributed by atoms with Crippen LogP contribution in [0.3, 0.4) is 0 Å². The van der Waals surface area contributed by atoms with E-state index in [-0.39, 0.29) is 19.0 Å². The summed E-state index contributed by atoms with van der Waals surface area (Å²) in [5.74, 6) is -1.19. The number of amides is 1. The average molecular weight is 332 g/mol. The van der Waals surface area contributed by atoms with E-state index in [0.29, 0.717) is 4.60 Å². The van der Waals surface area contributed by atoms with Crippen LogP contribution in [0.5, 0.6) is 6.01 Å². The Morgan fingerprint density at radius 1 is 1.47 bits per heavy atom. The standard InChI is InChI=1S/C10H10BrN3O5/c11-7-1-2-12-9(13-7)19-5-3-6(8(15)16)14(4-5)10(17)18/h1-2,5-6H,3-4H2,(H,15,16)(H,17,18)/t5-,6-/m0/s1. The zero-order valence-electron chi connectivity index (χ0n) is 9.56. The second kappa shape index (κ2) is 5.39. The number of rotatable bonds is 3. The fourth-order valence-electron chi connectivity index (χ4n) is 1.85. The van der Waals surface area contributed by atoms with Crippen LogP contribution in [0.15, 0.2) is 16.9 Å². The van der Waals surface area contributed by atoms with Crippen LogP contribution in [0, 0.1) is 0 Å². The molecular formula is C10H10BrN3O5. The molecule has 2 N–H and O–H groups in total. The summed E-state index contributed by atoms with van der Waals surface area (Å²) in [7, 11) is 0. The van der Waals surface area contributed by atoms with Gasteiger partial charge in [-0.05, 0) is 22.0 Å². The summed E-state index contributed by atoms with van der Waals surface area (Å²) in [5, 5.41) is 17.9. The maximum absolute atomic E-state index is 11.0. The molecule has 2 atom stereocenters. The van der Waals surface area contributed by atoms with Gasteiger partial charge in [-0.15, -0.1) is 0 Å². The first kappa shape index (κ1) is 13.5. The Hall–Kier alpha value is -1.90. The van der Waals surface area contributed by atoms with Crippen LogP contribution in [0.2, 0.25) is 0 Å². The predicted octanol–water partition coefficient (Wildman–Crippen LogP) is 0.823. The summed E-state index contributed by atoms with van der Waals surface area (Å²) < 4.78 is 5.92. The number of halogens is 1. The van der Waals surface area contributed by atoms with E-state index in [9.17, 15) is 9.59 Å². The van der Waals surface area contributed by atoms with Crippen molar-refractivity contribution in [3.8, 4) is 6.01 Å². The molecular weight excluding hydrogens is 322 g/mol. The molecule has 2 rings (SSSR count). The van der Waals surface area contributed by atoms with Crippen LogP contribution in [0.25, 0.3) is 0 Å². The van der Waals surface area contributed by atoms with Gasteiger partial charge in [0.25, 0.3) is 0 Å². The second-order valence-electron chi connectivity index (χ2n) is 3.93. The van der Waals surface area contributed by atoms with Gasteiger partial charge in [-0.2, -0.15) is 4.98 Å². The number of likely N-dealkylation sites (tertiary alicyclic amines) is 1. The quantitative estimate of drug-likeness (QED) is 0.788. The van der Waals surface area contributed by atoms with E-state index in [2.05, 4.69) is 25.9 Å². The van der Waals surface area contributed by atoms with Crippen molar-refractivity contribution >= 4 is 28.0 Å². The molecule has 0 unspecified atom stereocenters. The largest absolute Gasteiger partial charge is 0.480 e. The number of carboxylic acid groups (broad SMARTS) is 2. The predicted molar refractivity (Wildman–Crippen MR) is 64.9 cm³/mol. The number of ether oxygens (including phenoxy) is 1. The first-order valence-electron chi connectivity index (χ1n) is 5.35. The SMILES string of the molecule is O=C(O)[C@@H]1C[C@H](Oc2nccc(Br)n2)CN1C(=O)O. The number of nitrogens with zero attached hydrogens (tertiary/aromatic N) is 3. The lowest BCUT2D eigenvalue weighted by atomic mass is 10.2. The molecule has 0 bridgehead atoms. The van der Waals surface area contributed by atoms with E-state index in [4.69, 9.17) is 14.9 Å². The zero-order chi connectivity index (χ0) is 14.0. The van der Waals surface area contributed by atoms with Crippen LogP contribution < -0.4 is 4.74 Å². The lowest BCUT2D eigenvalue weighted by Gasteiger charge is -2.16. The maximum Gasteiger partial charge on any atom is 0.408 e. The topological polar surface area (TPSA) is 113 Å². The molecule has 0 aliphatic carbocycles. The van der Waals surface area contributed by atoms with Crippen LogP contribution in [0.4, 0.5) is 4.79 Å². The number of aliphatic carboxylic acids is 1. The third-order valence-electron chi connectivity index (χ3n) is 2.67. The smallest absolute Gasteiger partial charge is 0.408 e. The van der Waals surface area contributed by atoms with Crippen molar-refractivity contribution in [3.63, 3.8) is 0 Å². The third-order valence-corrected chi connectivity index (χ3v) is 3.11. The molecule has 1 aromatic rings. The highest BCUT2D eigenvalue weighted by atomic mass is 79.9. The number of aromatic nitrogens is 2. The molecule has 1 saturated heterocycles. The molecule has 1 aromatic heterocycles. The van der Waals surface area contributed by atoms with Gasteiger partial charge in [0.05, 0.1) is 6.54 Å². The highest BCUT2D eigenvalue weighted by Gasteiger charge is 2.41. The normalized spacial score (nSPS) is 22.3. The van der Waals surface area contributed by atoms with E-state index >= 15 is 0 Å². The number of carboxylic acids is 1. The molecule has 1 aliphatic rings. The minimum absolute atomic E-state index is 0.0256. The van der Waals surface area contributed by atoms with Crippen LogP contribution >= 0.6 is 15.9 Å². The van der Waals surface area contributed by atoms with Gasteiger partial charge in [0.15, 0.2) is 0 Å². The van der Waals surface area contributed by atoms with Gasteiger partial charge in [-0.3, -0.25) is 4.90 Å². The minimum Gasteiger partial charge on any atom is -0.480 e. The maximum atomic E-state index is 11.0. The molecule has 2 heterocycles. The van der Waals surface area contributed by atoms with Crippen molar-refractivity contribution in [2.24, 2.45) is 0 Å². The Morgan fingerprint density at radius 2 is 2.21 bits per heavy atom. The Kier molecular flexibility index (Phi) is 3.84. The van der Waals surface area contributed by atoms with Gasteiger partial charge < -0.3 is 14.9 Å². The minimum atomic E-state index is -1.28. The Bertz CT molecular complexity index is 490. The zero-order valence-corrected chi connectivity index (χ0v) is 11.1. The highest BCUT2D eigenvalue weighted by Crippen LogP contribution is 2.22. The number of hydrogen-bond donors (Lipinski definition) is 2. The molecule has 0 spiro atoms. The average Bonchev–Trinajstić information content (AvgIpc) is 2.73. The molecule has 0 saturated carbocycles. The lowest BCUT2D eigenvalue weighted by molar-refractivity contribution is -0.141. The van der Waals surface area contributed by atoms with Crippen molar-refractivity contribution in [2.75, 3.05) is 6.54 Å². The summed E-state index contributed by atoms with van der Waals surface area (Å²) in [6, 6.07) is 0.593. The van der Waals surface area contributed by atoms with Gasteiger partial charge in [0, 0.05) is 12.6 Å².